The van der Waals surface area contributed by atoms with E-state index in [1.54, 1.807) is 18.2 Å². The number of nitrogens with zero attached hydrogens (tertiary/aromatic N) is 1. The number of nitriles is 1. The molecule has 0 spiro atoms. The first-order valence-corrected chi connectivity index (χ1v) is 3.61. The molecule has 0 radical (unpaired) electrons. The molecular formula is C9H8N2O2. The first-order chi connectivity index (χ1) is 6.27. The Morgan fingerprint density at radius 2 is 2.38 bits per heavy atom. The van der Waals surface area contributed by atoms with Gasteiger partial charge in [-0.2, -0.15) is 5.26 Å². The van der Waals surface area contributed by atoms with Gasteiger partial charge in [0.2, 0.25) is 0 Å². The minimum absolute atomic E-state index is 0.361. The molecule has 4 heteroatoms. The van der Waals surface area contributed by atoms with Gasteiger partial charge in [-0.05, 0) is 18.2 Å². The van der Waals surface area contributed by atoms with Gasteiger partial charge in [0.25, 0.3) is 5.91 Å². The van der Waals surface area contributed by atoms with Crippen LogP contribution in [0.15, 0.2) is 24.3 Å². The molecule has 1 amide bonds. The molecule has 0 aliphatic heterocycles. The van der Waals surface area contributed by atoms with Crippen molar-refractivity contribution in [2.45, 2.75) is 0 Å². The van der Waals surface area contributed by atoms with E-state index in [0.29, 0.717) is 11.1 Å². The third kappa shape index (κ3) is 2.29. The van der Waals surface area contributed by atoms with E-state index in [-0.39, 0.29) is 5.91 Å². The molecule has 4 nitrogen and oxygen atoms in total. The van der Waals surface area contributed by atoms with Crippen LogP contribution in [0.5, 0.6) is 0 Å². The molecule has 0 saturated carbocycles. The monoisotopic (exact) mass is 176 g/mol. The lowest BCUT2D eigenvalue weighted by Crippen LogP contribution is -2.21. The van der Waals surface area contributed by atoms with Gasteiger partial charge in [-0.3, -0.25) is 9.63 Å². The molecule has 66 valence electrons. The Kier molecular flexibility index (Phi) is 3.01. The molecular weight excluding hydrogens is 168 g/mol. The van der Waals surface area contributed by atoms with Crippen molar-refractivity contribution in [2.24, 2.45) is 0 Å². The van der Waals surface area contributed by atoms with Crippen molar-refractivity contribution in [3.8, 4) is 6.07 Å². The highest BCUT2D eigenvalue weighted by Gasteiger charge is 2.04. The minimum atomic E-state index is -0.361. The second kappa shape index (κ2) is 4.24. The number of hydrogen-bond acceptors (Lipinski definition) is 3. The van der Waals surface area contributed by atoms with Crippen LogP contribution in [0.1, 0.15) is 15.9 Å². The van der Waals surface area contributed by atoms with Crippen LogP contribution < -0.4 is 5.48 Å². The summed E-state index contributed by atoms with van der Waals surface area (Å²) in [7, 11) is 1.35. The van der Waals surface area contributed by atoms with Crippen molar-refractivity contribution in [1.29, 1.82) is 5.26 Å². The van der Waals surface area contributed by atoms with Crippen LogP contribution in [0.4, 0.5) is 0 Å². The standard InChI is InChI=1S/C9H8N2O2/c1-13-11-9(12)8-4-2-3-7(5-8)6-10/h2-5H,1H3,(H,11,12). The fourth-order valence-electron chi connectivity index (χ4n) is 0.882. The Morgan fingerprint density at radius 1 is 1.62 bits per heavy atom. The lowest BCUT2D eigenvalue weighted by molar-refractivity contribution is 0.0537. The number of carbonyl (C=O) groups is 1. The second-order valence-corrected chi connectivity index (χ2v) is 2.33. The number of nitrogens with one attached hydrogen (secondary N) is 1. The molecule has 0 bridgehead atoms. The van der Waals surface area contributed by atoms with E-state index in [1.165, 1.54) is 13.2 Å². The Labute approximate surface area is 75.7 Å². The van der Waals surface area contributed by atoms with Crippen molar-refractivity contribution in [3.63, 3.8) is 0 Å². The highest BCUT2D eigenvalue weighted by Crippen LogP contribution is 2.03. The third-order valence-corrected chi connectivity index (χ3v) is 1.45. The summed E-state index contributed by atoms with van der Waals surface area (Å²) in [5, 5.41) is 8.56. The van der Waals surface area contributed by atoms with Crippen LogP contribution in [0, 0.1) is 11.3 Å². The van der Waals surface area contributed by atoms with Gasteiger partial charge in [-0.1, -0.05) is 6.07 Å². The van der Waals surface area contributed by atoms with Crippen LogP contribution in [-0.2, 0) is 4.84 Å². The van der Waals surface area contributed by atoms with E-state index in [1.807, 2.05) is 6.07 Å². The predicted octanol–water partition coefficient (Wildman–Crippen LogP) is 0.849. The summed E-state index contributed by atoms with van der Waals surface area (Å²) in [6, 6.07) is 8.31. The molecule has 0 saturated heterocycles. The summed E-state index contributed by atoms with van der Waals surface area (Å²) in [6.07, 6.45) is 0. The Bertz CT molecular complexity index is 355. The van der Waals surface area contributed by atoms with Gasteiger partial charge < -0.3 is 0 Å². The van der Waals surface area contributed by atoms with E-state index in [9.17, 15) is 4.79 Å². The summed E-state index contributed by atoms with van der Waals surface area (Å²) >= 11 is 0. The smallest absolute Gasteiger partial charge is 0.274 e. The summed E-state index contributed by atoms with van der Waals surface area (Å²) in [4.78, 5) is 15.6. The topological polar surface area (TPSA) is 62.1 Å². The van der Waals surface area contributed by atoms with Crippen molar-refractivity contribution in [3.05, 3.63) is 35.4 Å². The average molecular weight is 176 g/mol. The molecule has 0 aromatic heterocycles. The lowest BCUT2D eigenvalue weighted by Gasteiger charge is -2.00. The number of benzene rings is 1. The molecule has 1 N–H and O–H groups in total. The maximum Gasteiger partial charge on any atom is 0.274 e. The zero-order valence-corrected chi connectivity index (χ0v) is 7.07. The van der Waals surface area contributed by atoms with E-state index in [0.717, 1.165) is 0 Å². The number of hydroxylamine groups is 1. The fourth-order valence-corrected chi connectivity index (χ4v) is 0.882. The first-order valence-electron chi connectivity index (χ1n) is 3.61. The van der Waals surface area contributed by atoms with Gasteiger partial charge in [-0.25, -0.2) is 5.48 Å². The highest BCUT2D eigenvalue weighted by molar-refractivity contribution is 5.93. The van der Waals surface area contributed by atoms with Crippen molar-refractivity contribution in [1.82, 2.24) is 5.48 Å². The van der Waals surface area contributed by atoms with Crippen molar-refractivity contribution >= 4 is 5.91 Å². The van der Waals surface area contributed by atoms with E-state index >= 15 is 0 Å². The second-order valence-electron chi connectivity index (χ2n) is 2.33. The first kappa shape index (κ1) is 9.23. The van der Waals surface area contributed by atoms with Crippen molar-refractivity contribution < 1.29 is 9.63 Å². The molecule has 1 aromatic rings. The van der Waals surface area contributed by atoms with Crippen LogP contribution in [-0.4, -0.2) is 13.0 Å². The van der Waals surface area contributed by atoms with Gasteiger partial charge in [0.1, 0.15) is 0 Å². The number of hydrogen-bond donors (Lipinski definition) is 1. The Morgan fingerprint density at radius 3 is 3.00 bits per heavy atom. The van der Waals surface area contributed by atoms with Gasteiger partial charge >= 0.3 is 0 Å². The minimum Gasteiger partial charge on any atom is -0.277 e. The summed E-state index contributed by atoms with van der Waals surface area (Å²) in [6.45, 7) is 0. The molecule has 0 aliphatic carbocycles. The molecule has 13 heavy (non-hydrogen) atoms. The summed E-state index contributed by atoms with van der Waals surface area (Å²) < 4.78 is 0. The molecule has 0 aliphatic rings. The summed E-state index contributed by atoms with van der Waals surface area (Å²) in [5.74, 6) is -0.361. The van der Waals surface area contributed by atoms with Crippen molar-refractivity contribution in [2.75, 3.05) is 7.11 Å². The van der Waals surface area contributed by atoms with Gasteiger partial charge in [0.15, 0.2) is 0 Å². The largest absolute Gasteiger partial charge is 0.277 e. The molecule has 0 unspecified atom stereocenters. The molecule has 0 heterocycles. The zero-order valence-electron chi connectivity index (χ0n) is 7.07. The predicted molar refractivity (Wildman–Crippen MR) is 45.6 cm³/mol. The van der Waals surface area contributed by atoms with Crippen LogP contribution >= 0.6 is 0 Å². The Balaban J connectivity index is 2.90. The van der Waals surface area contributed by atoms with Gasteiger partial charge in [-0.15, -0.1) is 0 Å². The van der Waals surface area contributed by atoms with E-state index in [2.05, 4.69) is 10.3 Å². The van der Waals surface area contributed by atoms with Gasteiger partial charge in [0, 0.05) is 5.56 Å². The SMILES string of the molecule is CONC(=O)c1cccc(C#N)c1. The maximum atomic E-state index is 11.2. The third-order valence-electron chi connectivity index (χ3n) is 1.45. The quantitative estimate of drug-likeness (QED) is 0.679. The number of carbonyl (C=O) groups excluding carboxylic acids is 1. The Hall–Kier alpha value is -1.86. The van der Waals surface area contributed by atoms with Crippen LogP contribution in [0.2, 0.25) is 0 Å². The van der Waals surface area contributed by atoms with E-state index in [4.69, 9.17) is 5.26 Å². The molecule has 1 aromatic carbocycles. The maximum absolute atomic E-state index is 11.2. The number of amides is 1. The normalized spacial score (nSPS) is 8.92. The van der Waals surface area contributed by atoms with Crippen LogP contribution in [0.3, 0.4) is 0 Å². The molecule has 1 rings (SSSR count). The lowest BCUT2D eigenvalue weighted by atomic mass is 10.1. The fraction of sp³-hybridized carbons (Fsp3) is 0.111. The zero-order chi connectivity index (χ0) is 9.68. The van der Waals surface area contributed by atoms with Crippen LogP contribution in [0.25, 0.3) is 0 Å². The summed E-state index contributed by atoms with van der Waals surface area (Å²) in [5.41, 5.74) is 3.02. The molecule has 0 fully saturated rings. The van der Waals surface area contributed by atoms with E-state index < -0.39 is 0 Å². The average Bonchev–Trinajstić information content (AvgIpc) is 2.18. The highest BCUT2D eigenvalue weighted by atomic mass is 16.6. The molecule has 0 atom stereocenters. The van der Waals surface area contributed by atoms with Gasteiger partial charge in [0.05, 0.1) is 18.7 Å². The number of rotatable bonds is 2.